The maximum atomic E-state index is 12.1. The number of nitrogens with zero attached hydrogens (tertiary/aromatic N) is 1. The molecule has 0 aliphatic rings. The van der Waals surface area contributed by atoms with Gasteiger partial charge < -0.3 is 14.8 Å². The molecule has 0 aliphatic heterocycles. The van der Waals surface area contributed by atoms with Crippen LogP contribution >= 0.6 is 0 Å². The molecule has 0 fully saturated rings. The van der Waals surface area contributed by atoms with Crippen LogP contribution in [0.2, 0.25) is 0 Å². The van der Waals surface area contributed by atoms with Gasteiger partial charge in [-0.3, -0.25) is 9.10 Å². The molecule has 0 bridgehead atoms. The summed E-state index contributed by atoms with van der Waals surface area (Å²) in [4.78, 5) is 12.1. The third-order valence-electron chi connectivity index (χ3n) is 4.07. The molecule has 7 nitrogen and oxygen atoms in total. The van der Waals surface area contributed by atoms with E-state index in [9.17, 15) is 13.2 Å². The van der Waals surface area contributed by atoms with Gasteiger partial charge in [0, 0.05) is 7.05 Å². The van der Waals surface area contributed by atoms with E-state index >= 15 is 0 Å². The molecule has 0 saturated carbocycles. The lowest BCUT2D eigenvalue weighted by atomic mass is 10.2. The van der Waals surface area contributed by atoms with Crippen molar-refractivity contribution in [2.75, 3.05) is 30.8 Å². The molecule has 0 saturated heterocycles. The highest BCUT2D eigenvalue weighted by Crippen LogP contribution is 2.21. The van der Waals surface area contributed by atoms with Crippen LogP contribution < -0.4 is 19.1 Å². The fourth-order valence-electron chi connectivity index (χ4n) is 2.31. The molecule has 0 aromatic heterocycles. The Morgan fingerprint density at radius 3 is 2.21 bits per heavy atom. The first-order chi connectivity index (χ1) is 13.2. The van der Waals surface area contributed by atoms with Crippen molar-refractivity contribution in [2.45, 2.75) is 20.0 Å². The topological polar surface area (TPSA) is 84.9 Å². The molecule has 2 aromatic carbocycles. The van der Waals surface area contributed by atoms with Gasteiger partial charge in [-0.05, 0) is 50.2 Å². The number of amides is 1. The van der Waals surface area contributed by atoms with Crippen LogP contribution in [0.5, 0.6) is 11.5 Å². The van der Waals surface area contributed by atoms with Gasteiger partial charge in [0.1, 0.15) is 18.1 Å². The van der Waals surface area contributed by atoms with Crippen molar-refractivity contribution in [3.05, 3.63) is 54.1 Å². The zero-order valence-corrected chi connectivity index (χ0v) is 17.3. The first-order valence-electron chi connectivity index (χ1n) is 8.84. The molecule has 0 spiro atoms. The lowest BCUT2D eigenvalue weighted by Crippen LogP contribution is -2.38. The molecular weight excluding hydrogens is 380 g/mol. The normalized spacial score (nSPS) is 12.1. The number of carbonyl (C=O) groups excluding carboxylic acids is 1. The van der Waals surface area contributed by atoms with E-state index in [4.69, 9.17) is 9.47 Å². The summed E-state index contributed by atoms with van der Waals surface area (Å²) in [5.41, 5.74) is 1.67. The SMILES string of the molecule is Cc1ccc(OCCNC(=O)C(C)Oc2ccc(N(C)S(C)(=O)=O)cc2)cc1. The number of anilines is 1. The fourth-order valence-corrected chi connectivity index (χ4v) is 2.81. The van der Waals surface area contributed by atoms with Gasteiger partial charge in [-0.1, -0.05) is 17.7 Å². The van der Waals surface area contributed by atoms with E-state index in [1.807, 2.05) is 31.2 Å². The molecule has 2 aromatic rings. The molecule has 1 N–H and O–H groups in total. The summed E-state index contributed by atoms with van der Waals surface area (Å²) in [7, 11) is -1.85. The van der Waals surface area contributed by atoms with Crippen LogP contribution in [0.25, 0.3) is 0 Å². The number of aryl methyl sites for hydroxylation is 1. The van der Waals surface area contributed by atoms with E-state index in [0.717, 1.165) is 17.6 Å². The summed E-state index contributed by atoms with van der Waals surface area (Å²) in [5.74, 6) is 0.970. The largest absolute Gasteiger partial charge is 0.492 e. The Kier molecular flexibility index (Phi) is 7.28. The zero-order chi connectivity index (χ0) is 20.7. The highest BCUT2D eigenvalue weighted by Gasteiger charge is 2.15. The summed E-state index contributed by atoms with van der Waals surface area (Å²) in [5, 5.41) is 2.76. The standard InChI is InChI=1S/C20H26N2O5S/c1-15-5-9-18(10-6-15)26-14-13-21-20(23)16(2)27-19-11-7-17(8-12-19)22(3)28(4,24)25/h5-12,16H,13-14H2,1-4H3,(H,21,23). The maximum Gasteiger partial charge on any atom is 0.260 e. The Balaban J connectivity index is 1.77. The third-order valence-corrected chi connectivity index (χ3v) is 5.28. The lowest BCUT2D eigenvalue weighted by molar-refractivity contribution is -0.127. The second-order valence-electron chi connectivity index (χ2n) is 6.44. The quantitative estimate of drug-likeness (QED) is 0.646. The molecule has 8 heteroatoms. The minimum Gasteiger partial charge on any atom is -0.492 e. The van der Waals surface area contributed by atoms with Gasteiger partial charge in [-0.2, -0.15) is 0 Å². The van der Waals surface area contributed by atoms with Gasteiger partial charge in [0.15, 0.2) is 6.10 Å². The van der Waals surface area contributed by atoms with Crippen LogP contribution in [-0.4, -0.2) is 46.9 Å². The molecular formula is C20H26N2O5S. The smallest absolute Gasteiger partial charge is 0.260 e. The predicted octanol–water partition coefficient (Wildman–Crippen LogP) is 2.35. The molecule has 1 unspecified atom stereocenters. The minimum absolute atomic E-state index is 0.259. The molecule has 28 heavy (non-hydrogen) atoms. The first-order valence-corrected chi connectivity index (χ1v) is 10.7. The summed E-state index contributed by atoms with van der Waals surface area (Å²) < 4.78 is 35.4. The zero-order valence-electron chi connectivity index (χ0n) is 16.5. The molecule has 0 radical (unpaired) electrons. The Hall–Kier alpha value is -2.74. The molecule has 0 heterocycles. The van der Waals surface area contributed by atoms with Gasteiger partial charge in [0.05, 0.1) is 18.5 Å². The second kappa shape index (κ2) is 9.45. The lowest BCUT2D eigenvalue weighted by Gasteiger charge is -2.18. The van der Waals surface area contributed by atoms with Crippen LogP contribution in [0.15, 0.2) is 48.5 Å². The first kappa shape index (κ1) is 21.6. The van der Waals surface area contributed by atoms with Crippen LogP contribution in [0.1, 0.15) is 12.5 Å². The number of ether oxygens (including phenoxy) is 2. The van der Waals surface area contributed by atoms with E-state index < -0.39 is 16.1 Å². The summed E-state index contributed by atoms with van der Waals surface area (Å²) >= 11 is 0. The number of hydrogen-bond acceptors (Lipinski definition) is 5. The van der Waals surface area contributed by atoms with E-state index in [1.54, 1.807) is 31.2 Å². The number of rotatable bonds is 9. The second-order valence-corrected chi connectivity index (χ2v) is 8.45. The van der Waals surface area contributed by atoms with Crippen molar-refractivity contribution < 1.29 is 22.7 Å². The Labute approximate surface area is 166 Å². The van der Waals surface area contributed by atoms with Gasteiger partial charge in [0.2, 0.25) is 10.0 Å². The monoisotopic (exact) mass is 406 g/mol. The van der Waals surface area contributed by atoms with E-state index in [0.29, 0.717) is 24.6 Å². The molecule has 2 rings (SSSR count). The highest BCUT2D eigenvalue weighted by molar-refractivity contribution is 7.92. The van der Waals surface area contributed by atoms with Crippen LogP contribution in [-0.2, 0) is 14.8 Å². The Morgan fingerprint density at radius 1 is 1.07 bits per heavy atom. The van der Waals surface area contributed by atoms with E-state index in [2.05, 4.69) is 5.32 Å². The summed E-state index contributed by atoms with van der Waals surface area (Å²) in [6.07, 6.45) is 0.435. The Morgan fingerprint density at radius 2 is 1.64 bits per heavy atom. The third kappa shape index (κ3) is 6.45. The van der Waals surface area contributed by atoms with Crippen molar-refractivity contribution in [1.29, 1.82) is 0 Å². The average Bonchev–Trinajstić information content (AvgIpc) is 2.65. The van der Waals surface area contributed by atoms with Crippen molar-refractivity contribution in [3.63, 3.8) is 0 Å². The number of benzene rings is 2. The summed E-state index contributed by atoms with van der Waals surface area (Å²) in [6.45, 7) is 4.36. The average molecular weight is 407 g/mol. The van der Waals surface area contributed by atoms with Crippen molar-refractivity contribution in [2.24, 2.45) is 0 Å². The number of nitrogens with one attached hydrogen (secondary N) is 1. The summed E-state index contributed by atoms with van der Waals surface area (Å²) in [6, 6.07) is 14.2. The molecule has 1 atom stereocenters. The van der Waals surface area contributed by atoms with Crippen molar-refractivity contribution in [1.82, 2.24) is 5.32 Å². The highest BCUT2D eigenvalue weighted by atomic mass is 32.2. The van der Waals surface area contributed by atoms with Crippen LogP contribution in [0.4, 0.5) is 5.69 Å². The van der Waals surface area contributed by atoms with Gasteiger partial charge in [-0.15, -0.1) is 0 Å². The molecule has 1 amide bonds. The number of carbonyl (C=O) groups is 1. The predicted molar refractivity (Wildman–Crippen MR) is 109 cm³/mol. The Bertz CT molecular complexity index is 880. The minimum atomic E-state index is -3.32. The van der Waals surface area contributed by atoms with Crippen molar-refractivity contribution in [3.8, 4) is 11.5 Å². The van der Waals surface area contributed by atoms with Crippen LogP contribution in [0, 0.1) is 6.92 Å². The molecule has 152 valence electrons. The van der Waals surface area contributed by atoms with E-state index in [1.165, 1.54) is 11.4 Å². The maximum absolute atomic E-state index is 12.1. The van der Waals surface area contributed by atoms with Crippen LogP contribution in [0.3, 0.4) is 0 Å². The fraction of sp³-hybridized carbons (Fsp3) is 0.350. The van der Waals surface area contributed by atoms with E-state index in [-0.39, 0.29) is 5.91 Å². The number of hydrogen-bond donors (Lipinski definition) is 1. The van der Waals surface area contributed by atoms with Gasteiger partial charge >= 0.3 is 0 Å². The molecule has 0 aliphatic carbocycles. The van der Waals surface area contributed by atoms with Crippen molar-refractivity contribution >= 4 is 21.6 Å². The van der Waals surface area contributed by atoms with Gasteiger partial charge in [-0.25, -0.2) is 8.42 Å². The number of sulfonamides is 1. The van der Waals surface area contributed by atoms with Gasteiger partial charge in [0.25, 0.3) is 5.91 Å².